The van der Waals surface area contributed by atoms with E-state index in [1.807, 2.05) is 0 Å². The van der Waals surface area contributed by atoms with Crippen molar-refractivity contribution in [2.24, 2.45) is 0 Å². The first-order valence-corrected chi connectivity index (χ1v) is 7.48. The first-order valence-electron chi connectivity index (χ1n) is 7.48. The van der Waals surface area contributed by atoms with E-state index in [2.05, 4.69) is 15.3 Å². The Bertz CT molecular complexity index is 995. The summed E-state index contributed by atoms with van der Waals surface area (Å²) in [6.07, 6.45) is 1.50. The molecule has 0 aliphatic carbocycles. The molecule has 0 radical (unpaired) electrons. The molecule has 2 aromatic heterocycles. The third kappa shape index (κ3) is 2.60. The zero-order chi connectivity index (χ0) is 17.3. The van der Waals surface area contributed by atoms with Gasteiger partial charge in [-0.1, -0.05) is 12.1 Å². The van der Waals surface area contributed by atoms with Crippen molar-refractivity contribution in [2.45, 2.75) is 20.4 Å². The van der Waals surface area contributed by atoms with Crippen molar-refractivity contribution in [3.05, 3.63) is 58.1 Å². The average Bonchev–Trinajstić information content (AvgIpc) is 2.55. The minimum absolute atomic E-state index is 0.0787. The smallest absolute Gasteiger partial charge is 0.267 e. The third-order valence-corrected chi connectivity index (χ3v) is 3.71. The molecule has 0 unspecified atom stereocenters. The van der Waals surface area contributed by atoms with Gasteiger partial charge in [-0.2, -0.15) is 0 Å². The number of aromatic hydroxyl groups is 1. The van der Waals surface area contributed by atoms with Crippen LogP contribution in [0.3, 0.4) is 0 Å². The van der Waals surface area contributed by atoms with Gasteiger partial charge >= 0.3 is 0 Å². The van der Waals surface area contributed by atoms with Crippen LogP contribution in [0.2, 0.25) is 0 Å². The second kappa shape index (κ2) is 6.11. The van der Waals surface area contributed by atoms with Crippen molar-refractivity contribution >= 4 is 22.8 Å². The molecule has 1 amide bonds. The lowest BCUT2D eigenvalue weighted by Gasteiger charge is -2.13. The molecule has 0 saturated carbocycles. The standard InChI is InChI=1S/C17H16N4O3/c1-3-21-12-7-5-4-6-11(12)14(22)13(16(21)24)15(23)20-17-18-9-8-10(2)19-17/h4-9,22H,3H2,1-2H3,(H,18,19,20,23). The van der Waals surface area contributed by atoms with Crippen LogP contribution in [-0.4, -0.2) is 25.5 Å². The largest absolute Gasteiger partial charge is 0.506 e. The molecule has 7 heteroatoms. The summed E-state index contributed by atoms with van der Waals surface area (Å²) in [5.74, 6) is -1.00. The number of hydrogen-bond donors (Lipinski definition) is 2. The van der Waals surface area contributed by atoms with Crippen LogP contribution in [0.15, 0.2) is 41.3 Å². The Kier molecular flexibility index (Phi) is 3.99. The Morgan fingerprint density at radius 2 is 2.04 bits per heavy atom. The molecule has 0 atom stereocenters. The number of para-hydroxylation sites is 1. The van der Waals surface area contributed by atoms with E-state index in [1.165, 1.54) is 10.8 Å². The van der Waals surface area contributed by atoms with Gasteiger partial charge in [0, 0.05) is 23.8 Å². The highest BCUT2D eigenvalue weighted by molar-refractivity contribution is 6.08. The van der Waals surface area contributed by atoms with Crippen molar-refractivity contribution in [2.75, 3.05) is 5.32 Å². The number of amides is 1. The average molecular weight is 324 g/mol. The number of rotatable bonds is 3. The number of anilines is 1. The molecule has 24 heavy (non-hydrogen) atoms. The van der Waals surface area contributed by atoms with Crippen LogP contribution in [0.4, 0.5) is 5.95 Å². The summed E-state index contributed by atoms with van der Waals surface area (Å²) < 4.78 is 1.45. The number of carbonyl (C=O) groups excluding carboxylic acids is 1. The maximum atomic E-state index is 12.6. The fourth-order valence-corrected chi connectivity index (χ4v) is 2.58. The number of nitrogens with one attached hydrogen (secondary N) is 1. The monoisotopic (exact) mass is 324 g/mol. The highest BCUT2D eigenvalue weighted by Gasteiger charge is 2.22. The van der Waals surface area contributed by atoms with E-state index in [-0.39, 0.29) is 17.3 Å². The second-order valence-electron chi connectivity index (χ2n) is 5.27. The topological polar surface area (TPSA) is 97.1 Å². The van der Waals surface area contributed by atoms with Crippen LogP contribution >= 0.6 is 0 Å². The Hall–Kier alpha value is -3.22. The van der Waals surface area contributed by atoms with Crippen molar-refractivity contribution in [1.29, 1.82) is 0 Å². The number of carbonyl (C=O) groups is 1. The van der Waals surface area contributed by atoms with E-state index >= 15 is 0 Å². The molecular weight excluding hydrogens is 308 g/mol. The lowest BCUT2D eigenvalue weighted by molar-refractivity contribution is 0.102. The second-order valence-corrected chi connectivity index (χ2v) is 5.27. The van der Waals surface area contributed by atoms with Crippen LogP contribution in [0.25, 0.3) is 10.9 Å². The molecular formula is C17H16N4O3. The summed E-state index contributed by atoms with van der Waals surface area (Å²) >= 11 is 0. The molecule has 1 aromatic carbocycles. The fourth-order valence-electron chi connectivity index (χ4n) is 2.58. The maximum absolute atomic E-state index is 12.6. The lowest BCUT2D eigenvalue weighted by Crippen LogP contribution is -2.29. The number of fused-ring (bicyclic) bond motifs is 1. The van der Waals surface area contributed by atoms with Crippen LogP contribution in [0, 0.1) is 6.92 Å². The highest BCUT2D eigenvalue weighted by Crippen LogP contribution is 2.26. The van der Waals surface area contributed by atoms with Gasteiger partial charge in [0.2, 0.25) is 5.95 Å². The van der Waals surface area contributed by atoms with Crippen LogP contribution in [0.5, 0.6) is 5.75 Å². The molecule has 0 saturated heterocycles. The van der Waals surface area contributed by atoms with E-state index in [4.69, 9.17) is 0 Å². The molecule has 7 nitrogen and oxygen atoms in total. The summed E-state index contributed by atoms with van der Waals surface area (Å²) in [6.45, 7) is 3.94. The van der Waals surface area contributed by atoms with E-state index in [1.54, 1.807) is 44.2 Å². The van der Waals surface area contributed by atoms with Crippen LogP contribution in [-0.2, 0) is 6.54 Å². The highest BCUT2D eigenvalue weighted by atomic mass is 16.3. The molecule has 3 aromatic rings. The third-order valence-electron chi connectivity index (χ3n) is 3.71. The zero-order valence-corrected chi connectivity index (χ0v) is 13.3. The van der Waals surface area contributed by atoms with Crippen molar-refractivity contribution < 1.29 is 9.90 Å². The number of hydrogen-bond acceptors (Lipinski definition) is 5. The van der Waals surface area contributed by atoms with Crippen molar-refractivity contribution in [3.8, 4) is 5.75 Å². The van der Waals surface area contributed by atoms with Crippen LogP contribution < -0.4 is 10.9 Å². The van der Waals surface area contributed by atoms with Gasteiger partial charge < -0.3 is 9.67 Å². The summed E-state index contributed by atoms with van der Waals surface area (Å²) in [6, 6.07) is 8.58. The number of nitrogens with zero attached hydrogens (tertiary/aromatic N) is 3. The van der Waals surface area contributed by atoms with Gasteiger partial charge in [-0.3, -0.25) is 14.9 Å². The molecule has 0 fully saturated rings. The number of aromatic nitrogens is 3. The molecule has 3 rings (SSSR count). The molecule has 0 aliphatic rings. The Morgan fingerprint density at radius 3 is 2.75 bits per heavy atom. The van der Waals surface area contributed by atoms with Crippen molar-refractivity contribution in [1.82, 2.24) is 14.5 Å². The SMILES string of the molecule is CCn1c(=O)c(C(=O)Nc2nccc(C)n2)c(O)c2ccccc21. The minimum Gasteiger partial charge on any atom is -0.506 e. The minimum atomic E-state index is -0.740. The molecule has 2 N–H and O–H groups in total. The van der Waals surface area contributed by atoms with Gasteiger partial charge in [0.15, 0.2) is 0 Å². The molecule has 122 valence electrons. The van der Waals surface area contributed by atoms with E-state index in [0.717, 1.165) is 0 Å². The Morgan fingerprint density at radius 1 is 1.29 bits per heavy atom. The quantitative estimate of drug-likeness (QED) is 0.769. The summed E-state index contributed by atoms with van der Waals surface area (Å²) in [5, 5.41) is 13.3. The van der Waals surface area contributed by atoms with Gasteiger partial charge in [-0.15, -0.1) is 0 Å². The molecule has 0 aliphatic heterocycles. The molecule has 2 heterocycles. The maximum Gasteiger partial charge on any atom is 0.267 e. The van der Waals surface area contributed by atoms with Crippen LogP contribution in [0.1, 0.15) is 23.0 Å². The Labute approximate surface area is 137 Å². The number of pyridine rings is 1. The lowest BCUT2D eigenvalue weighted by atomic mass is 10.1. The van der Waals surface area contributed by atoms with Gasteiger partial charge in [0.25, 0.3) is 11.5 Å². The number of benzene rings is 1. The van der Waals surface area contributed by atoms with Gasteiger partial charge in [0.1, 0.15) is 11.3 Å². The fraction of sp³-hybridized carbons (Fsp3) is 0.176. The zero-order valence-electron chi connectivity index (χ0n) is 13.3. The summed E-state index contributed by atoms with van der Waals surface area (Å²) in [5.41, 5.74) is 0.374. The first-order chi connectivity index (χ1) is 11.5. The summed E-state index contributed by atoms with van der Waals surface area (Å²) in [4.78, 5) is 33.2. The normalized spacial score (nSPS) is 10.8. The predicted octanol–water partition coefficient (Wildman–Crippen LogP) is 2.08. The summed E-state index contributed by atoms with van der Waals surface area (Å²) in [7, 11) is 0. The molecule has 0 spiro atoms. The van der Waals surface area contributed by atoms with Crippen molar-refractivity contribution in [3.63, 3.8) is 0 Å². The van der Waals surface area contributed by atoms with E-state index in [0.29, 0.717) is 23.1 Å². The molecule has 0 bridgehead atoms. The predicted molar refractivity (Wildman–Crippen MR) is 90.3 cm³/mol. The first kappa shape index (κ1) is 15.7. The number of aryl methyl sites for hydroxylation is 2. The van der Waals surface area contributed by atoms with E-state index < -0.39 is 11.5 Å². The van der Waals surface area contributed by atoms with Gasteiger partial charge in [-0.05, 0) is 32.0 Å². The van der Waals surface area contributed by atoms with Gasteiger partial charge in [0.05, 0.1) is 5.52 Å². The Balaban J connectivity index is 2.15. The van der Waals surface area contributed by atoms with Gasteiger partial charge in [-0.25, -0.2) is 9.97 Å². The van der Waals surface area contributed by atoms with E-state index in [9.17, 15) is 14.7 Å².